The van der Waals surface area contributed by atoms with Gasteiger partial charge >= 0.3 is 17.9 Å². The van der Waals surface area contributed by atoms with Crippen molar-refractivity contribution in [2.45, 2.75) is 25.4 Å². The molecule has 17 heavy (non-hydrogen) atoms. The van der Waals surface area contributed by atoms with Crippen molar-refractivity contribution in [1.29, 1.82) is 0 Å². The quantitative estimate of drug-likeness (QED) is 0.341. The van der Waals surface area contributed by atoms with Crippen LogP contribution in [0.3, 0.4) is 0 Å². The lowest BCUT2D eigenvalue weighted by Crippen LogP contribution is -2.49. The largest absolute Gasteiger partial charge is 0.481 e. The first-order valence-corrected chi connectivity index (χ1v) is 5.53. The van der Waals surface area contributed by atoms with Crippen LogP contribution < -0.4 is 5.32 Å². The Morgan fingerprint density at radius 3 is 2.24 bits per heavy atom. The fourth-order valence-corrected chi connectivity index (χ4v) is 1.33. The van der Waals surface area contributed by atoms with E-state index in [1.165, 1.54) is 0 Å². The zero-order valence-electron chi connectivity index (χ0n) is 9.25. The van der Waals surface area contributed by atoms with Crippen LogP contribution in [0.4, 0.5) is 0 Å². The lowest BCUT2D eigenvalue weighted by atomic mass is 10.2. The zero-order valence-corrected chi connectivity index (χ0v) is 10.1. The van der Waals surface area contributed by atoms with Crippen LogP contribution in [0, 0.1) is 0 Å². The second-order valence-corrected chi connectivity index (χ2v) is 3.51. The zero-order chi connectivity index (χ0) is 13.4. The average Bonchev–Trinajstić information content (AvgIpc) is 2.23. The number of hydrogen-bond acceptors (Lipinski definition) is 6. The monoisotopic (exact) mass is 265 g/mol. The summed E-state index contributed by atoms with van der Waals surface area (Å²) < 4.78 is 4.69. The van der Waals surface area contributed by atoms with E-state index in [9.17, 15) is 14.4 Å². The van der Waals surface area contributed by atoms with Crippen molar-refractivity contribution in [2.24, 2.45) is 0 Å². The van der Waals surface area contributed by atoms with Gasteiger partial charge in [0.2, 0.25) is 0 Å². The lowest BCUT2D eigenvalue weighted by molar-refractivity contribution is -0.149. The number of aliphatic carboxylic acids is 2. The fraction of sp³-hybridized carbons (Fsp3) is 0.667. The van der Waals surface area contributed by atoms with Gasteiger partial charge in [-0.2, -0.15) is 12.6 Å². The van der Waals surface area contributed by atoms with Crippen LogP contribution in [-0.2, 0) is 19.1 Å². The molecule has 0 spiro atoms. The molecule has 0 aromatic rings. The lowest BCUT2D eigenvalue weighted by Gasteiger charge is -2.19. The van der Waals surface area contributed by atoms with Crippen molar-refractivity contribution in [3.8, 4) is 0 Å². The van der Waals surface area contributed by atoms with Gasteiger partial charge in [-0.25, -0.2) is 0 Å². The SMILES string of the molecule is CCOC(=O)[C@@H](CS)NC(CC(=O)O)C(=O)O. The molecule has 0 aliphatic rings. The summed E-state index contributed by atoms with van der Waals surface area (Å²) >= 11 is 3.88. The highest BCUT2D eigenvalue weighted by molar-refractivity contribution is 7.80. The third-order valence-electron chi connectivity index (χ3n) is 1.83. The highest BCUT2D eigenvalue weighted by Crippen LogP contribution is 2.00. The molecule has 98 valence electrons. The molecule has 3 N–H and O–H groups in total. The summed E-state index contributed by atoms with van der Waals surface area (Å²) in [6.45, 7) is 1.76. The summed E-state index contributed by atoms with van der Waals surface area (Å²) in [4.78, 5) is 32.5. The van der Waals surface area contributed by atoms with Gasteiger partial charge in [-0.1, -0.05) is 0 Å². The van der Waals surface area contributed by atoms with Crippen LogP contribution in [0.1, 0.15) is 13.3 Å². The van der Waals surface area contributed by atoms with Crippen LogP contribution in [0.25, 0.3) is 0 Å². The molecule has 0 aliphatic carbocycles. The number of nitrogens with one attached hydrogen (secondary N) is 1. The summed E-state index contributed by atoms with van der Waals surface area (Å²) in [6, 6.07) is -2.30. The molecule has 0 saturated heterocycles. The Kier molecular flexibility index (Phi) is 7.31. The maximum Gasteiger partial charge on any atom is 0.323 e. The maximum atomic E-state index is 11.3. The van der Waals surface area contributed by atoms with Crippen molar-refractivity contribution < 1.29 is 29.3 Å². The van der Waals surface area contributed by atoms with Crippen LogP contribution >= 0.6 is 12.6 Å². The maximum absolute atomic E-state index is 11.3. The average molecular weight is 265 g/mol. The van der Waals surface area contributed by atoms with Crippen LogP contribution in [0.2, 0.25) is 0 Å². The third-order valence-corrected chi connectivity index (χ3v) is 2.20. The molecule has 0 aromatic heterocycles. The van der Waals surface area contributed by atoms with Gasteiger partial charge in [0, 0.05) is 5.75 Å². The standard InChI is InChI=1S/C9H15NO6S/c1-2-16-9(15)6(4-17)10-5(8(13)14)3-7(11)12/h5-6,10,17H,2-4H2,1H3,(H,11,12)(H,13,14)/t5?,6-/m1/s1. The van der Waals surface area contributed by atoms with Gasteiger partial charge in [0.15, 0.2) is 0 Å². The summed E-state index contributed by atoms with van der Waals surface area (Å²) in [6.07, 6.45) is -0.626. The summed E-state index contributed by atoms with van der Waals surface area (Å²) in [5.74, 6) is -3.25. The molecule has 0 aromatic carbocycles. The Hall–Kier alpha value is -1.28. The molecule has 2 atom stereocenters. The molecular formula is C9H15NO6S. The predicted octanol–water partition coefficient (Wildman–Crippen LogP) is -0.635. The second-order valence-electron chi connectivity index (χ2n) is 3.14. The van der Waals surface area contributed by atoms with Crippen LogP contribution in [0.15, 0.2) is 0 Å². The Morgan fingerprint density at radius 1 is 1.29 bits per heavy atom. The first kappa shape index (κ1) is 15.7. The van der Waals surface area contributed by atoms with E-state index >= 15 is 0 Å². The molecule has 8 heteroatoms. The fourth-order valence-electron chi connectivity index (χ4n) is 1.07. The van der Waals surface area contributed by atoms with E-state index in [1.807, 2.05) is 0 Å². The molecule has 0 fully saturated rings. The van der Waals surface area contributed by atoms with Crippen molar-refractivity contribution in [2.75, 3.05) is 12.4 Å². The van der Waals surface area contributed by atoms with Crippen LogP contribution in [-0.4, -0.2) is 52.6 Å². The molecule has 0 rings (SSSR count). The van der Waals surface area contributed by atoms with E-state index in [0.29, 0.717) is 0 Å². The number of esters is 1. The molecule has 0 heterocycles. The molecule has 0 amide bonds. The Morgan fingerprint density at radius 2 is 1.88 bits per heavy atom. The minimum Gasteiger partial charge on any atom is -0.481 e. The highest BCUT2D eigenvalue weighted by Gasteiger charge is 2.27. The minimum absolute atomic E-state index is 0.0161. The number of rotatable bonds is 8. The molecule has 0 radical (unpaired) electrons. The number of thiol groups is 1. The number of ether oxygens (including phenoxy) is 1. The first-order chi connectivity index (χ1) is 7.92. The van der Waals surface area contributed by atoms with E-state index < -0.39 is 36.4 Å². The van der Waals surface area contributed by atoms with E-state index in [0.717, 1.165) is 0 Å². The Labute approximate surface area is 104 Å². The molecular weight excluding hydrogens is 250 g/mol. The highest BCUT2D eigenvalue weighted by atomic mass is 32.1. The number of carbonyl (C=O) groups is 3. The molecule has 7 nitrogen and oxygen atoms in total. The number of carboxylic acids is 2. The van der Waals surface area contributed by atoms with Gasteiger partial charge in [-0.3, -0.25) is 19.7 Å². The van der Waals surface area contributed by atoms with Gasteiger partial charge in [-0.15, -0.1) is 0 Å². The van der Waals surface area contributed by atoms with Gasteiger partial charge in [-0.05, 0) is 6.92 Å². The number of hydrogen-bond donors (Lipinski definition) is 4. The summed E-state index contributed by atoms with van der Waals surface area (Å²) in [5, 5.41) is 19.7. The van der Waals surface area contributed by atoms with Gasteiger partial charge in [0.25, 0.3) is 0 Å². The predicted molar refractivity (Wildman–Crippen MR) is 61.1 cm³/mol. The normalized spacial score (nSPS) is 13.8. The molecule has 1 unspecified atom stereocenters. The molecule has 0 bridgehead atoms. The van der Waals surface area contributed by atoms with E-state index in [2.05, 4.69) is 22.7 Å². The third kappa shape index (κ3) is 6.12. The van der Waals surface area contributed by atoms with Crippen molar-refractivity contribution in [3.63, 3.8) is 0 Å². The van der Waals surface area contributed by atoms with Gasteiger partial charge in [0.05, 0.1) is 13.0 Å². The second kappa shape index (κ2) is 7.91. The molecule has 0 saturated carbocycles. The first-order valence-electron chi connectivity index (χ1n) is 4.90. The number of carbonyl (C=O) groups excluding carboxylic acids is 1. The molecule has 0 aliphatic heterocycles. The smallest absolute Gasteiger partial charge is 0.323 e. The summed E-state index contributed by atoms with van der Waals surface area (Å²) in [5.41, 5.74) is 0. The minimum atomic E-state index is -1.35. The Bertz CT molecular complexity index is 295. The summed E-state index contributed by atoms with van der Waals surface area (Å²) in [7, 11) is 0. The van der Waals surface area contributed by atoms with Crippen LogP contribution in [0.5, 0.6) is 0 Å². The van der Waals surface area contributed by atoms with E-state index in [1.54, 1.807) is 6.92 Å². The van der Waals surface area contributed by atoms with Crippen molar-refractivity contribution >= 4 is 30.5 Å². The van der Waals surface area contributed by atoms with Crippen molar-refractivity contribution in [1.82, 2.24) is 5.32 Å². The topological polar surface area (TPSA) is 113 Å². The van der Waals surface area contributed by atoms with Gasteiger partial charge < -0.3 is 14.9 Å². The van der Waals surface area contributed by atoms with E-state index in [4.69, 9.17) is 10.2 Å². The van der Waals surface area contributed by atoms with E-state index in [-0.39, 0.29) is 12.4 Å². The van der Waals surface area contributed by atoms with Gasteiger partial charge in [0.1, 0.15) is 12.1 Å². The Balaban J connectivity index is 4.53. The van der Waals surface area contributed by atoms with Crippen molar-refractivity contribution in [3.05, 3.63) is 0 Å². The number of carboxylic acid groups (broad SMARTS) is 2.